The van der Waals surface area contributed by atoms with Gasteiger partial charge >= 0.3 is 0 Å². The molecule has 0 fully saturated rings. The number of amides is 2. The number of imidazole rings is 1. The molecule has 0 saturated heterocycles. The van der Waals surface area contributed by atoms with Crippen LogP contribution in [0.2, 0.25) is 0 Å². The summed E-state index contributed by atoms with van der Waals surface area (Å²) in [7, 11) is 0. The van der Waals surface area contributed by atoms with Crippen molar-refractivity contribution in [1.29, 1.82) is 0 Å². The summed E-state index contributed by atoms with van der Waals surface area (Å²) >= 11 is 1.57. The van der Waals surface area contributed by atoms with E-state index in [0.29, 0.717) is 5.69 Å². The molecular weight excluding hydrogens is 364 g/mol. The average molecular weight is 380 g/mol. The fourth-order valence-electron chi connectivity index (χ4n) is 2.58. The van der Waals surface area contributed by atoms with Crippen molar-refractivity contribution in [1.82, 2.24) is 14.7 Å². The fraction of sp³-hybridized carbons (Fsp3) is 0.105. The maximum absolute atomic E-state index is 12.3. The van der Waals surface area contributed by atoms with Gasteiger partial charge in [-0.25, -0.2) is 4.98 Å². The highest BCUT2D eigenvalue weighted by Crippen LogP contribution is 2.23. The van der Waals surface area contributed by atoms with E-state index in [1.165, 1.54) is 6.26 Å². The molecule has 0 bridgehead atoms. The van der Waals surface area contributed by atoms with Gasteiger partial charge in [-0.1, -0.05) is 12.1 Å². The minimum absolute atomic E-state index is 0.166. The van der Waals surface area contributed by atoms with Gasteiger partial charge < -0.3 is 15.1 Å². The summed E-state index contributed by atoms with van der Waals surface area (Å²) in [4.78, 5) is 29.7. The lowest BCUT2D eigenvalue weighted by Gasteiger charge is -2.13. The minimum atomic E-state index is -0.706. The molecule has 136 valence electrons. The number of furan rings is 1. The predicted molar refractivity (Wildman–Crippen MR) is 103 cm³/mol. The molecule has 0 aliphatic carbocycles. The van der Waals surface area contributed by atoms with E-state index in [0.717, 1.165) is 16.2 Å². The molecule has 0 aliphatic rings. The van der Waals surface area contributed by atoms with Crippen LogP contribution in [-0.4, -0.2) is 27.2 Å². The molecular formula is C19H16N4O3S. The lowest BCUT2D eigenvalue weighted by Crippen LogP contribution is -2.41. The fourth-order valence-corrected chi connectivity index (χ4v) is 3.28. The Kier molecular flexibility index (Phi) is 4.47. The molecule has 1 aromatic carbocycles. The van der Waals surface area contributed by atoms with Crippen LogP contribution in [0, 0.1) is 0 Å². The summed E-state index contributed by atoms with van der Waals surface area (Å²) in [5.74, 6) is -0.582. The van der Waals surface area contributed by atoms with Gasteiger partial charge in [0.15, 0.2) is 10.7 Å². The molecule has 2 N–H and O–H groups in total. The zero-order valence-electron chi connectivity index (χ0n) is 14.4. The Morgan fingerprint density at radius 3 is 2.74 bits per heavy atom. The zero-order chi connectivity index (χ0) is 18.8. The summed E-state index contributed by atoms with van der Waals surface area (Å²) < 4.78 is 6.99. The van der Waals surface area contributed by atoms with Crippen LogP contribution >= 0.6 is 11.3 Å². The van der Waals surface area contributed by atoms with Crippen molar-refractivity contribution in [3.8, 4) is 11.3 Å². The number of anilines is 1. The van der Waals surface area contributed by atoms with Gasteiger partial charge in [-0.3, -0.25) is 14.0 Å². The number of hydrogen-bond acceptors (Lipinski definition) is 5. The van der Waals surface area contributed by atoms with Crippen LogP contribution in [0.1, 0.15) is 17.5 Å². The Morgan fingerprint density at radius 1 is 1.22 bits per heavy atom. The van der Waals surface area contributed by atoms with Crippen LogP contribution in [0.4, 0.5) is 5.69 Å². The topological polar surface area (TPSA) is 88.6 Å². The number of aromatic nitrogens is 2. The number of carbonyl (C=O) groups excluding carboxylic acids is 2. The smallest absolute Gasteiger partial charge is 0.287 e. The van der Waals surface area contributed by atoms with Gasteiger partial charge in [-0.05, 0) is 31.2 Å². The van der Waals surface area contributed by atoms with E-state index in [4.69, 9.17) is 4.42 Å². The van der Waals surface area contributed by atoms with Crippen molar-refractivity contribution < 1.29 is 14.0 Å². The van der Waals surface area contributed by atoms with Crippen molar-refractivity contribution in [2.24, 2.45) is 0 Å². The molecule has 0 radical (unpaired) electrons. The number of nitrogens with one attached hydrogen (secondary N) is 2. The molecule has 1 atom stereocenters. The van der Waals surface area contributed by atoms with E-state index in [9.17, 15) is 9.59 Å². The lowest BCUT2D eigenvalue weighted by atomic mass is 10.1. The number of hydrogen-bond donors (Lipinski definition) is 2. The molecule has 4 aromatic rings. The van der Waals surface area contributed by atoms with Gasteiger partial charge in [0.05, 0.1) is 12.0 Å². The van der Waals surface area contributed by atoms with Gasteiger partial charge in [-0.2, -0.15) is 0 Å². The zero-order valence-corrected chi connectivity index (χ0v) is 15.2. The minimum Gasteiger partial charge on any atom is -0.459 e. The van der Waals surface area contributed by atoms with Crippen LogP contribution in [0.5, 0.6) is 0 Å². The second-order valence-electron chi connectivity index (χ2n) is 5.96. The van der Waals surface area contributed by atoms with Crippen LogP contribution in [0.15, 0.2) is 64.9 Å². The summed E-state index contributed by atoms with van der Waals surface area (Å²) in [5.41, 5.74) is 2.48. The first-order valence-corrected chi connectivity index (χ1v) is 9.16. The maximum Gasteiger partial charge on any atom is 0.287 e. The number of nitrogens with zero attached hydrogens (tertiary/aromatic N) is 2. The lowest BCUT2D eigenvalue weighted by molar-refractivity contribution is -0.117. The summed E-state index contributed by atoms with van der Waals surface area (Å²) in [6.45, 7) is 1.61. The number of benzene rings is 1. The van der Waals surface area contributed by atoms with Crippen molar-refractivity contribution >= 4 is 33.8 Å². The summed E-state index contributed by atoms with van der Waals surface area (Å²) in [5, 5.41) is 7.36. The Morgan fingerprint density at radius 2 is 2.04 bits per heavy atom. The second kappa shape index (κ2) is 7.08. The second-order valence-corrected chi connectivity index (χ2v) is 6.83. The Balaban J connectivity index is 1.39. The molecule has 3 heterocycles. The largest absolute Gasteiger partial charge is 0.459 e. The number of thiazole rings is 1. The molecule has 0 saturated carbocycles. The molecule has 0 aliphatic heterocycles. The maximum atomic E-state index is 12.3. The third-order valence-corrected chi connectivity index (χ3v) is 4.80. The number of fused-ring (bicyclic) bond motifs is 1. The highest BCUT2D eigenvalue weighted by Gasteiger charge is 2.18. The highest BCUT2D eigenvalue weighted by molar-refractivity contribution is 7.15. The van der Waals surface area contributed by atoms with Crippen molar-refractivity contribution in [3.05, 3.63) is 66.2 Å². The van der Waals surface area contributed by atoms with Crippen LogP contribution in [0.3, 0.4) is 0 Å². The highest BCUT2D eigenvalue weighted by atomic mass is 32.1. The Bertz CT molecular complexity index is 1050. The first-order valence-electron chi connectivity index (χ1n) is 8.28. The van der Waals surface area contributed by atoms with E-state index >= 15 is 0 Å². The molecule has 2 amide bonds. The predicted octanol–water partition coefficient (Wildman–Crippen LogP) is 3.41. The molecule has 3 aromatic heterocycles. The SMILES string of the molecule is C[C@H](NC(=O)c1ccco1)C(=O)Nc1ccc(-c2cn3ccsc3n2)cc1. The standard InChI is InChI=1S/C19H16N4O3S/c1-12(20-18(25)16-3-2-9-26-16)17(24)21-14-6-4-13(5-7-14)15-11-23-8-10-27-19(23)22-15/h2-12H,1H3,(H,20,25)(H,21,24)/t12-/m0/s1. The van der Waals surface area contributed by atoms with Crippen LogP contribution < -0.4 is 10.6 Å². The van der Waals surface area contributed by atoms with E-state index in [2.05, 4.69) is 15.6 Å². The third-order valence-electron chi connectivity index (χ3n) is 4.03. The van der Waals surface area contributed by atoms with Gasteiger partial charge in [0, 0.05) is 29.0 Å². The number of carbonyl (C=O) groups is 2. The molecule has 27 heavy (non-hydrogen) atoms. The molecule has 7 nitrogen and oxygen atoms in total. The monoisotopic (exact) mass is 380 g/mol. The third kappa shape index (κ3) is 3.61. The van der Waals surface area contributed by atoms with Gasteiger partial charge in [0.2, 0.25) is 5.91 Å². The first kappa shape index (κ1) is 17.0. The van der Waals surface area contributed by atoms with Crippen molar-refractivity contribution in [3.63, 3.8) is 0 Å². The number of rotatable bonds is 5. The van der Waals surface area contributed by atoms with E-state index in [-0.39, 0.29) is 11.7 Å². The van der Waals surface area contributed by atoms with Crippen molar-refractivity contribution in [2.45, 2.75) is 13.0 Å². The van der Waals surface area contributed by atoms with Gasteiger partial charge in [0.25, 0.3) is 5.91 Å². The van der Waals surface area contributed by atoms with E-state index in [1.54, 1.807) is 30.4 Å². The van der Waals surface area contributed by atoms with E-state index < -0.39 is 11.9 Å². The quantitative estimate of drug-likeness (QED) is 0.555. The van der Waals surface area contributed by atoms with E-state index in [1.807, 2.05) is 46.4 Å². The molecule has 0 spiro atoms. The van der Waals surface area contributed by atoms with Gasteiger partial charge in [0.1, 0.15) is 6.04 Å². The average Bonchev–Trinajstić information content (AvgIpc) is 3.39. The first-order chi connectivity index (χ1) is 13.1. The Hall–Kier alpha value is -3.39. The van der Waals surface area contributed by atoms with Crippen molar-refractivity contribution in [2.75, 3.05) is 5.32 Å². The van der Waals surface area contributed by atoms with Crippen LogP contribution in [-0.2, 0) is 4.79 Å². The Labute approximate surface area is 158 Å². The molecule has 8 heteroatoms. The normalized spacial score (nSPS) is 12.0. The summed E-state index contributed by atoms with van der Waals surface area (Å²) in [6, 6.07) is 9.86. The van der Waals surface area contributed by atoms with Gasteiger partial charge in [-0.15, -0.1) is 11.3 Å². The van der Waals surface area contributed by atoms with Crippen LogP contribution in [0.25, 0.3) is 16.2 Å². The molecule has 4 rings (SSSR count). The summed E-state index contributed by atoms with van der Waals surface area (Å²) in [6.07, 6.45) is 5.33. The molecule has 0 unspecified atom stereocenters.